The molecule has 4 aromatic rings. The molecule has 1 aliphatic rings. The van der Waals surface area contributed by atoms with Gasteiger partial charge in [0, 0.05) is 42.8 Å². The largest absolute Gasteiger partial charge is 0.444 e. The van der Waals surface area contributed by atoms with Crippen LogP contribution in [0.2, 0.25) is 0 Å². The summed E-state index contributed by atoms with van der Waals surface area (Å²) in [6, 6.07) is 12.3. The Morgan fingerprint density at radius 3 is 2.72 bits per heavy atom. The van der Waals surface area contributed by atoms with Crippen molar-refractivity contribution in [3.05, 3.63) is 82.9 Å². The fourth-order valence-electron chi connectivity index (χ4n) is 5.05. The minimum absolute atomic E-state index is 0.222. The third kappa shape index (κ3) is 7.57. The third-order valence-corrected chi connectivity index (χ3v) is 7.87. The molecule has 12 heteroatoms. The van der Waals surface area contributed by atoms with E-state index < -0.39 is 23.4 Å². The van der Waals surface area contributed by atoms with Crippen LogP contribution in [0.15, 0.2) is 60.2 Å². The number of nitrogens with one attached hydrogen (secondary N) is 2. The second-order valence-electron chi connectivity index (χ2n) is 11.5. The van der Waals surface area contributed by atoms with Crippen LogP contribution in [-0.4, -0.2) is 51.5 Å². The number of piperidine rings is 1. The summed E-state index contributed by atoms with van der Waals surface area (Å²) in [5, 5.41) is 12.5. The summed E-state index contributed by atoms with van der Waals surface area (Å²) in [7, 11) is 0. The topological polar surface area (TPSA) is 127 Å². The van der Waals surface area contributed by atoms with E-state index in [1.54, 1.807) is 44.5 Å². The molecule has 0 spiro atoms. The first-order chi connectivity index (χ1) is 20.6. The quantitative estimate of drug-likeness (QED) is 0.246. The minimum Gasteiger partial charge on any atom is -0.444 e. The SMILES string of the molecule is CC(C)(C)OC(=O)N[C@@H]1CCCN(c2c(F)cccc2NC(=O)c2csc(-c3cnn(Cc4ccccc4CN)c3)n2)C1. The lowest BCUT2D eigenvalue weighted by molar-refractivity contribution is 0.0500. The van der Waals surface area contributed by atoms with Crippen molar-refractivity contribution in [2.24, 2.45) is 5.73 Å². The second-order valence-corrected chi connectivity index (χ2v) is 12.3. The zero-order chi connectivity index (χ0) is 30.6. The number of alkyl carbamates (subject to hydrolysis) is 1. The van der Waals surface area contributed by atoms with Gasteiger partial charge in [0.2, 0.25) is 0 Å². The molecule has 0 aliphatic carbocycles. The molecule has 2 aromatic carbocycles. The van der Waals surface area contributed by atoms with Crippen molar-refractivity contribution in [3.8, 4) is 10.6 Å². The first-order valence-electron chi connectivity index (χ1n) is 14.2. The Hall–Kier alpha value is -4.29. The highest BCUT2D eigenvalue weighted by atomic mass is 32.1. The lowest BCUT2D eigenvalue weighted by atomic mass is 10.0. The van der Waals surface area contributed by atoms with Crippen LogP contribution in [0.5, 0.6) is 0 Å². The van der Waals surface area contributed by atoms with Crippen molar-refractivity contribution < 1.29 is 18.7 Å². The van der Waals surface area contributed by atoms with Crippen LogP contribution in [0.25, 0.3) is 10.6 Å². The van der Waals surface area contributed by atoms with Gasteiger partial charge in [-0.1, -0.05) is 30.3 Å². The van der Waals surface area contributed by atoms with Gasteiger partial charge in [0.25, 0.3) is 5.91 Å². The zero-order valence-corrected chi connectivity index (χ0v) is 25.3. The normalized spacial score (nSPS) is 15.3. The number of benzene rings is 2. The van der Waals surface area contributed by atoms with Crippen LogP contribution in [-0.2, 0) is 17.8 Å². The number of para-hydroxylation sites is 1. The molecule has 0 unspecified atom stereocenters. The summed E-state index contributed by atoms with van der Waals surface area (Å²) >= 11 is 1.33. The highest BCUT2D eigenvalue weighted by molar-refractivity contribution is 7.13. The number of halogens is 1. The predicted molar refractivity (Wildman–Crippen MR) is 166 cm³/mol. The molecule has 4 N–H and O–H groups in total. The number of aromatic nitrogens is 3. The molecule has 1 atom stereocenters. The van der Waals surface area contributed by atoms with E-state index in [1.165, 1.54) is 17.4 Å². The number of nitrogens with two attached hydrogens (primary N) is 1. The average Bonchev–Trinajstić information content (AvgIpc) is 3.63. The molecule has 0 radical (unpaired) electrons. The molecular weight excluding hydrogens is 569 g/mol. The van der Waals surface area contributed by atoms with Crippen LogP contribution < -0.4 is 21.3 Å². The molecule has 1 aliphatic heterocycles. The zero-order valence-electron chi connectivity index (χ0n) is 24.5. The van der Waals surface area contributed by atoms with E-state index in [9.17, 15) is 9.59 Å². The van der Waals surface area contributed by atoms with Gasteiger partial charge in [-0.05, 0) is 56.9 Å². The fourth-order valence-corrected chi connectivity index (χ4v) is 5.83. The van der Waals surface area contributed by atoms with E-state index in [0.717, 1.165) is 29.5 Å². The molecule has 0 saturated carbocycles. The van der Waals surface area contributed by atoms with Crippen LogP contribution in [0.3, 0.4) is 0 Å². The van der Waals surface area contributed by atoms with E-state index in [1.807, 2.05) is 40.0 Å². The van der Waals surface area contributed by atoms with Crippen LogP contribution in [0.4, 0.5) is 20.6 Å². The Balaban J connectivity index is 1.27. The molecule has 10 nitrogen and oxygen atoms in total. The Morgan fingerprint density at radius 2 is 1.95 bits per heavy atom. The van der Waals surface area contributed by atoms with Gasteiger partial charge in [0.15, 0.2) is 0 Å². The number of hydrogen-bond acceptors (Lipinski definition) is 8. The van der Waals surface area contributed by atoms with Gasteiger partial charge in [-0.3, -0.25) is 9.48 Å². The number of anilines is 2. The maximum absolute atomic E-state index is 15.2. The van der Waals surface area contributed by atoms with Gasteiger partial charge in [-0.2, -0.15) is 5.10 Å². The molecule has 43 heavy (non-hydrogen) atoms. The Morgan fingerprint density at radius 1 is 1.16 bits per heavy atom. The van der Waals surface area contributed by atoms with Crippen molar-refractivity contribution in [1.82, 2.24) is 20.1 Å². The minimum atomic E-state index is -0.617. The maximum Gasteiger partial charge on any atom is 0.407 e. The number of thiazole rings is 1. The molecule has 1 fully saturated rings. The van der Waals surface area contributed by atoms with Crippen molar-refractivity contribution >= 4 is 34.7 Å². The molecule has 5 rings (SSSR count). The van der Waals surface area contributed by atoms with Gasteiger partial charge in [0.05, 0.1) is 24.1 Å². The maximum atomic E-state index is 15.2. The monoisotopic (exact) mass is 605 g/mol. The summed E-state index contributed by atoms with van der Waals surface area (Å²) in [5.74, 6) is -0.905. The Kier molecular flexibility index (Phi) is 9.07. The number of amides is 2. The van der Waals surface area contributed by atoms with E-state index in [-0.39, 0.29) is 17.4 Å². The summed E-state index contributed by atoms with van der Waals surface area (Å²) in [4.78, 5) is 32.0. The molecule has 2 amide bonds. The van der Waals surface area contributed by atoms with Crippen molar-refractivity contribution in [3.63, 3.8) is 0 Å². The molecule has 2 aromatic heterocycles. The molecular formula is C31H36FN7O3S. The predicted octanol–water partition coefficient (Wildman–Crippen LogP) is 5.40. The van der Waals surface area contributed by atoms with E-state index in [4.69, 9.17) is 10.5 Å². The number of hydrogen-bond donors (Lipinski definition) is 3. The van der Waals surface area contributed by atoms with Crippen molar-refractivity contribution in [2.45, 2.75) is 58.3 Å². The first-order valence-corrected chi connectivity index (χ1v) is 15.1. The Bertz CT molecular complexity index is 1600. The van der Waals surface area contributed by atoms with E-state index in [2.05, 4.69) is 20.7 Å². The lowest BCUT2D eigenvalue weighted by Crippen LogP contribution is -2.49. The fraction of sp³-hybridized carbons (Fsp3) is 0.355. The smallest absolute Gasteiger partial charge is 0.407 e. The highest BCUT2D eigenvalue weighted by Gasteiger charge is 2.27. The molecule has 0 bridgehead atoms. The third-order valence-electron chi connectivity index (χ3n) is 6.98. The van der Waals surface area contributed by atoms with Crippen LogP contribution >= 0.6 is 11.3 Å². The van der Waals surface area contributed by atoms with Gasteiger partial charge in [0.1, 0.15) is 22.1 Å². The van der Waals surface area contributed by atoms with Crippen LogP contribution in [0, 0.1) is 5.82 Å². The molecule has 1 saturated heterocycles. The second kappa shape index (κ2) is 12.9. The van der Waals surface area contributed by atoms with E-state index in [0.29, 0.717) is 36.9 Å². The number of ether oxygens (including phenoxy) is 1. The number of nitrogens with zero attached hydrogens (tertiary/aromatic N) is 4. The standard InChI is InChI=1S/C31H36FN7O3S/c1-31(2,3)42-30(41)35-23-10-7-13-38(18-23)27-24(32)11-6-12-25(27)36-28(40)26-19-43-29(37-26)22-15-34-39(17-22)16-21-9-5-4-8-20(21)14-33/h4-6,8-9,11-12,15,17,19,23H,7,10,13-14,16,18,33H2,1-3H3,(H,35,41)(H,36,40)/t23-/m1/s1. The van der Waals surface area contributed by atoms with Gasteiger partial charge in [-0.15, -0.1) is 11.3 Å². The van der Waals surface area contributed by atoms with E-state index >= 15 is 4.39 Å². The summed E-state index contributed by atoms with van der Waals surface area (Å²) in [6.07, 6.45) is 4.57. The summed E-state index contributed by atoms with van der Waals surface area (Å²) in [6.45, 7) is 7.38. The van der Waals surface area contributed by atoms with Gasteiger partial charge >= 0.3 is 6.09 Å². The Labute approximate surface area is 254 Å². The van der Waals surface area contributed by atoms with Crippen molar-refractivity contribution in [2.75, 3.05) is 23.3 Å². The summed E-state index contributed by atoms with van der Waals surface area (Å²) in [5.41, 5.74) is 9.03. The molecule has 3 heterocycles. The number of rotatable bonds is 8. The molecule has 226 valence electrons. The average molecular weight is 606 g/mol. The van der Waals surface area contributed by atoms with Gasteiger partial charge in [-0.25, -0.2) is 14.2 Å². The van der Waals surface area contributed by atoms with Crippen molar-refractivity contribution in [1.29, 1.82) is 0 Å². The highest BCUT2D eigenvalue weighted by Crippen LogP contribution is 2.32. The number of carbonyl (C=O) groups is 2. The van der Waals surface area contributed by atoms with Crippen LogP contribution in [0.1, 0.15) is 55.2 Å². The number of carbonyl (C=O) groups excluding carboxylic acids is 2. The lowest BCUT2D eigenvalue weighted by Gasteiger charge is -2.36. The first kappa shape index (κ1) is 30.2. The van der Waals surface area contributed by atoms with Gasteiger partial charge < -0.3 is 26.0 Å². The summed E-state index contributed by atoms with van der Waals surface area (Å²) < 4.78 is 22.4.